The summed E-state index contributed by atoms with van der Waals surface area (Å²) in [4.78, 5) is 7.72. The van der Waals surface area contributed by atoms with Crippen LogP contribution in [-0.4, -0.2) is 20.2 Å². The maximum Gasteiger partial charge on any atom is 0.265 e. The molecule has 20 heavy (non-hydrogen) atoms. The molecular weight excluding hydrogens is 268 g/mol. The van der Waals surface area contributed by atoms with Crippen molar-refractivity contribution in [1.29, 1.82) is 0 Å². The summed E-state index contributed by atoms with van der Waals surface area (Å²) in [5.41, 5.74) is 0.0885. The van der Waals surface area contributed by atoms with Crippen LogP contribution in [0.15, 0.2) is 41.1 Å². The molecule has 100 valence electrons. The van der Waals surface area contributed by atoms with Crippen molar-refractivity contribution in [2.24, 2.45) is 0 Å². The quantitative estimate of drug-likeness (QED) is 0.778. The highest BCUT2D eigenvalue weighted by molar-refractivity contribution is 5.64. The number of aromatic hydroxyl groups is 1. The Balaban J connectivity index is 2.04. The van der Waals surface area contributed by atoms with Crippen LogP contribution in [0.4, 0.5) is 8.78 Å². The summed E-state index contributed by atoms with van der Waals surface area (Å²) in [6.07, 6.45) is 1.01. The molecule has 3 rings (SSSR count). The van der Waals surface area contributed by atoms with Crippen LogP contribution in [0.2, 0.25) is 0 Å². The minimum atomic E-state index is -0.688. The lowest BCUT2D eigenvalue weighted by Gasteiger charge is -1.99. The summed E-state index contributed by atoms with van der Waals surface area (Å²) >= 11 is 0. The van der Waals surface area contributed by atoms with E-state index in [2.05, 4.69) is 15.1 Å². The van der Waals surface area contributed by atoms with Crippen LogP contribution in [0.3, 0.4) is 0 Å². The zero-order valence-corrected chi connectivity index (χ0v) is 9.92. The first-order valence-electron chi connectivity index (χ1n) is 5.58. The Hall–Kier alpha value is -2.83. The van der Waals surface area contributed by atoms with Crippen LogP contribution in [0.25, 0.3) is 23.0 Å². The van der Waals surface area contributed by atoms with Gasteiger partial charge in [-0.15, -0.1) is 0 Å². The van der Waals surface area contributed by atoms with Gasteiger partial charge in [-0.05, 0) is 24.3 Å². The van der Waals surface area contributed by atoms with Crippen molar-refractivity contribution >= 4 is 0 Å². The molecule has 1 aromatic carbocycles. The van der Waals surface area contributed by atoms with Gasteiger partial charge in [0.1, 0.15) is 28.6 Å². The second-order valence-corrected chi connectivity index (χ2v) is 3.92. The number of rotatable bonds is 2. The third kappa shape index (κ3) is 2.09. The largest absolute Gasteiger partial charge is 0.507 e. The van der Waals surface area contributed by atoms with Crippen LogP contribution in [0.5, 0.6) is 5.75 Å². The summed E-state index contributed by atoms with van der Waals surface area (Å²) in [6.45, 7) is 0. The fraction of sp³-hybridized carbons (Fsp3) is 0. The van der Waals surface area contributed by atoms with Crippen LogP contribution >= 0.6 is 0 Å². The molecule has 5 nitrogen and oxygen atoms in total. The number of phenols is 1. The molecule has 0 spiro atoms. The fourth-order valence-corrected chi connectivity index (χ4v) is 1.66. The highest BCUT2D eigenvalue weighted by Crippen LogP contribution is 2.31. The number of hydrogen-bond acceptors (Lipinski definition) is 5. The van der Waals surface area contributed by atoms with Crippen molar-refractivity contribution in [3.05, 3.63) is 48.2 Å². The maximum absolute atomic E-state index is 13.6. The maximum atomic E-state index is 13.6. The molecule has 2 aromatic heterocycles. The number of halogens is 2. The highest BCUT2D eigenvalue weighted by atomic mass is 19.1. The van der Waals surface area contributed by atoms with Gasteiger partial charge in [-0.2, -0.15) is 4.98 Å². The van der Waals surface area contributed by atoms with Crippen molar-refractivity contribution in [2.75, 3.05) is 0 Å². The molecule has 0 bridgehead atoms. The predicted octanol–water partition coefficient (Wildman–Crippen LogP) is 2.78. The molecule has 2 heterocycles. The summed E-state index contributed by atoms with van der Waals surface area (Å²) < 4.78 is 31.3. The van der Waals surface area contributed by atoms with Crippen molar-refractivity contribution < 1.29 is 18.4 Å². The molecule has 3 aromatic rings. The van der Waals surface area contributed by atoms with E-state index in [1.54, 1.807) is 0 Å². The zero-order valence-electron chi connectivity index (χ0n) is 9.92. The fourth-order valence-electron chi connectivity index (χ4n) is 1.66. The molecule has 0 saturated carbocycles. The molecule has 0 amide bonds. The van der Waals surface area contributed by atoms with Crippen molar-refractivity contribution in [1.82, 2.24) is 15.1 Å². The summed E-state index contributed by atoms with van der Waals surface area (Å²) in [5, 5.41) is 13.3. The van der Waals surface area contributed by atoms with Gasteiger partial charge in [0.15, 0.2) is 0 Å². The van der Waals surface area contributed by atoms with Crippen LogP contribution in [0.1, 0.15) is 0 Å². The van der Waals surface area contributed by atoms with Gasteiger partial charge in [-0.25, -0.2) is 13.8 Å². The van der Waals surface area contributed by atoms with Gasteiger partial charge < -0.3 is 9.63 Å². The average molecular weight is 275 g/mol. The van der Waals surface area contributed by atoms with Crippen molar-refractivity contribution in [3.8, 4) is 28.7 Å². The normalized spacial score (nSPS) is 10.7. The Morgan fingerprint density at radius 2 is 1.95 bits per heavy atom. The van der Waals surface area contributed by atoms with Crippen LogP contribution in [-0.2, 0) is 0 Å². The molecule has 0 unspecified atom stereocenters. The van der Waals surface area contributed by atoms with E-state index in [0.29, 0.717) is 0 Å². The van der Waals surface area contributed by atoms with E-state index in [1.165, 1.54) is 24.3 Å². The minimum Gasteiger partial charge on any atom is -0.507 e. The Bertz CT molecular complexity index is 736. The number of phenolic OH excluding ortho intramolecular Hbond substituents is 1. The third-order valence-corrected chi connectivity index (χ3v) is 2.59. The molecular formula is C13H7F2N3O2. The number of benzene rings is 1. The Morgan fingerprint density at radius 1 is 1.10 bits per heavy atom. The lowest BCUT2D eigenvalue weighted by molar-refractivity contribution is 0.421. The van der Waals surface area contributed by atoms with Gasteiger partial charge in [-0.1, -0.05) is 11.2 Å². The monoisotopic (exact) mass is 275 g/mol. The first-order valence-corrected chi connectivity index (χ1v) is 5.58. The Labute approximate surface area is 111 Å². The van der Waals surface area contributed by atoms with Crippen molar-refractivity contribution in [3.63, 3.8) is 0 Å². The Morgan fingerprint density at radius 3 is 2.65 bits per heavy atom. The van der Waals surface area contributed by atoms with E-state index in [1.807, 2.05) is 0 Å². The molecule has 0 saturated heterocycles. The smallest absolute Gasteiger partial charge is 0.265 e. The molecule has 1 N–H and O–H groups in total. The van der Waals surface area contributed by atoms with E-state index in [9.17, 15) is 13.9 Å². The standard InChI is InChI=1S/C13H7F2N3O2/c14-7-4-5-9(16-6-7)12-17-13(20-18-12)11-8(15)2-1-3-10(11)19/h1-6,19H. The first kappa shape index (κ1) is 12.2. The molecule has 0 radical (unpaired) electrons. The first-order chi connectivity index (χ1) is 9.65. The predicted molar refractivity (Wildman–Crippen MR) is 64.5 cm³/mol. The van der Waals surface area contributed by atoms with Gasteiger partial charge >= 0.3 is 0 Å². The second kappa shape index (κ2) is 4.69. The summed E-state index contributed by atoms with van der Waals surface area (Å²) in [6, 6.07) is 6.38. The van der Waals surface area contributed by atoms with Gasteiger partial charge in [0.2, 0.25) is 5.82 Å². The van der Waals surface area contributed by atoms with Gasteiger partial charge in [0.05, 0.1) is 6.20 Å². The minimum absolute atomic E-state index is 0.0719. The Kier molecular flexibility index (Phi) is 2.86. The van der Waals surface area contributed by atoms with E-state index in [-0.39, 0.29) is 28.7 Å². The van der Waals surface area contributed by atoms with Crippen LogP contribution < -0.4 is 0 Å². The van der Waals surface area contributed by atoms with E-state index in [4.69, 9.17) is 4.52 Å². The van der Waals surface area contributed by atoms with Gasteiger partial charge in [0, 0.05) is 0 Å². The summed E-state index contributed by atoms with van der Waals surface area (Å²) in [5.74, 6) is -1.60. The van der Waals surface area contributed by atoms with Crippen molar-refractivity contribution in [2.45, 2.75) is 0 Å². The number of aromatic nitrogens is 3. The zero-order chi connectivity index (χ0) is 14.1. The third-order valence-electron chi connectivity index (χ3n) is 2.59. The van der Waals surface area contributed by atoms with E-state index < -0.39 is 11.6 Å². The SMILES string of the molecule is Oc1cccc(F)c1-c1nc(-c2ccc(F)cn2)no1. The average Bonchev–Trinajstić information content (AvgIpc) is 2.89. The number of hydrogen-bond donors (Lipinski definition) is 1. The molecule has 0 aliphatic heterocycles. The van der Waals surface area contributed by atoms with Crippen LogP contribution in [0, 0.1) is 11.6 Å². The molecule has 0 fully saturated rings. The molecule has 0 aliphatic carbocycles. The molecule has 7 heteroatoms. The number of nitrogens with zero attached hydrogens (tertiary/aromatic N) is 3. The van der Waals surface area contributed by atoms with E-state index in [0.717, 1.165) is 12.3 Å². The second-order valence-electron chi connectivity index (χ2n) is 3.92. The lowest BCUT2D eigenvalue weighted by atomic mass is 10.2. The molecule has 0 atom stereocenters. The van der Waals surface area contributed by atoms with Gasteiger partial charge in [0.25, 0.3) is 5.89 Å². The topological polar surface area (TPSA) is 72.0 Å². The number of pyridine rings is 1. The van der Waals surface area contributed by atoms with Gasteiger partial charge in [-0.3, -0.25) is 0 Å². The molecule has 0 aliphatic rings. The van der Waals surface area contributed by atoms with E-state index >= 15 is 0 Å². The summed E-state index contributed by atoms with van der Waals surface area (Å²) in [7, 11) is 0. The highest BCUT2D eigenvalue weighted by Gasteiger charge is 2.18. The lowest BCUT2D eigenvalue weighted by Crippen LogP contribution is -1.88.